The molecule has 0 N–H and O–H groups in total. The summed E-state index contributed by atoms with van der Waals surface area (Å²) in [6.45, 7) is 6.31. The molecular weight excluding hydrogens is 515 g/mol. The van der Waals surface area contributed by atoms with E-state index >= 15 is 4.39 Å². The molecule has 0 aliphatic carbocycles. The number of ether oxygens (including phenoxy) is 1. The maximum absolute atomic E-state index is 15.1. The minimum atomic E-state index is -2.93. The average Bonchev–Trinajstić information content (AvgIpc) is 3.48. The van der Waals surface area contributed by atoms with Crippen LogP contribution >= 0.6 is 0 Å². The van der Waals surface area contributed by atoms with E-state index in [0.717, 1.165) is 11.6 Å². The summed E-state index contributed by atoms with van der Waals surface area (Å²) < 4.78 is 54.3. The van der Waals surface area contributed by atoms with Crippen LogP contribution in [0.1, 0.15) is 57.5 Å². The molecule has 5 rings (SSSR count). The molecule has 0 unspecified atom stereocenters. The number of carbonyl (C=O) groups excluding carboxylic acids is 1. The SMILES string of the molecule is CC(C)(C)OC(=O)N1CCC(n2c(=O)n(Cc3ccc(-c4nnc(C(F)F)o4)cc3F)c3ccccc32)CC1. The lowest BCUT2D eigenvalue weighted by atomic mass is 10.0. The Labute approximate surface area is 221 Å². The Morgan fingerprint density at radius 2 is 1.79 bits per heavy atom. The molecule has 2 aromatic heterocycles. The molecule has 0 atom stereocenters. The van der Waals surface area contributed by atoms with E-state index in [4.69, 9.17) is 9.15 Å². The van der Waals surface area contributed by atoms with Gasteiger partial charge in [-0.05, 0) is 57.9 Å². The number of imidazole rings is 1. The van der Waals surface area contributed by atoms with Gasteiger partial charge in [0.15, 0.2) is 0 Å². The van der Waals surface area contributed by atoms with Gasteiger partial charge in [0.2, 0.25) is 5.89 Å². The minimum absolute atomic E-state index is 0.0403. The van der Waals surface area contributed by atoms with E-state index in [1.165, 1.54) is 16.7 Å². The number of benzene rings is 2. The second-order valence-corrected chi connectivity index (χ2v) is 10.5. The van der Waals surface area contributed by atoms with Crippen molar-refractivity contribution < 1.29 is 27.1 Å². The molecule has 206 valence electrons. The Morgan fingerprint density at radius 1 is 1.10 bits per heavy atom. The van der Waals surface area contributed by atoms with Gasteiger partial charge in [-0.15, -0.1) is 10.2 Å². The van der Waals surface area contributed by atoms with Crippen molar-refractivity contribution in [2.75, 3.05) is 13.1 Å². The second kappa shape index (κ2) is 10.2. The molecule has 9 nitrogen and oxygen atoms in total. The van der Waals surface area contributed by atoms with Crippen LogP contribution < -0.4 is 5.69 Å². The summed E-state index contributed by atoms with van der Waals surface area (Å²) in [6.07, 6.45) is -2.16. The van der Waals surface area contributed by atoms with Gasteiger partial charge in [0.25, 0.3) is 5.89 Å². The standard InChI is InChI=1S/C27H28F3N5O4/c1-27(2,3)39-26(37)33-12-10-18(11-13-33)35-21-7-5-4-6-20(21)34(25(35)36)15-17-9-8-16(14-19(17)28)23-31-32-24(38-23)22(29)30/h4-9,14,18,22H,10-13,15H2,1-3H3. The minimum Gasteiger partial charge on any atom is -0.444 e. The number of aromatic nitrogens is 4. The maximum Gasteiger partial charge on any atom is 0.410 e. The van der Waals surface area contributed by atoms with Crippen molar-refractivity contribution in [1.29, 1.82) is 0 Å². The zero-order chi connectivity index (χ0) is 27.9. The largest absolute Gasteiger partial charge is 0.444 e. The van der Waals surface area contributed by atoms with Crippen LogP contribution in [-0.2, 0) is 11.3 Å². The number of nitrogens with zero attached hydrogens (tertiary/aromatic N) is 5. The predicted molar refractivity (Wildman–Crippen MR) is 136 cm³/mol. The van der Waals surface area contributed by atoms with Gasteiger partial charge in [-0.3, -0.25) is 9.13 Å². The van der Waals surface area contributed by atoms with Gasteiger partial charge in [-0.25, -0.2) is 14.0 Å². The molecule has 2 aromatic carbocycles. The van der Waals surface area contributed by atoms with E-state index in [0.29, 0.717) is 31.4 Å². The summed E-state index contributed by atoms with van der Waals surface area (Å²) in [6, 6.07) is 11.2. The molecule has 0 bridgehead atoms. The fraction of sp³-hybridized carbons (Fsp3) is 0.407. The van der Waals surface area contributed by atoms with Gasteiger partial charge in [-0.2, -0.15) is 8.78 Å². The van der Waals surface area contributed by atoms with Gasteiger partial charge < -0.3 is 14.1 Å². The molecule has 39 heavy (non-hydrogen) atoms. The lowest BCUT2D eigenvalue weighted by molar-refractivity contribution is 0.0188. The van der Waals surface area contributed by atoms with Crippen molar-refractivity contribution >= 4 is 17.1 Å². The van der Waals surface area contributed by atoms with Crippen molar-refractivity contribution in [2.24, 2.45) is 0 Å². The number of alkyl halides is 2. The number of para-hydroxylation sites is 2. The summed E-state index contributed by atoms with van der Waals surface area (Å²) in [5, 5.41) is 6.82. The van der Waals surface area contributed by atoms with E-state index < -0.39 is 23.7 Å². The number of piperidine rings is 1. The van der Waals surface area contributed by atoms with E-state index in [-0.39, 0.29) is 41.4 Å². The Kier molecular flexibility index (Phi) is 6.96. The summed E-state index contributed by atoms with van der Waals surface area (Å²) in [5.74, 6) is -1.70. The molecule has 3 heterocycles. The Bertz CT molecular complexity index is 1560. The summed E-state index contributed by atoms with van der Waals surface area (Å²) in [4.78, 5) is 27.8. The number of halogens is 3. The Hall–Kier alpha value is -4.09. The van der Waals surface area contributed by atoms with E-state index in [1.807, 2.05) is 39.0 Å². The smallest absolute Gasteiger partial charge is 0.410 e. The average molecular weight is 544 g/mol. The highest BCUT2D eigenvalue weighted by Crippen LogP contribution is 2.28. The lowest BCUT2D eigenvalue weighted by Crippen LogP contribution is -2.43. The highest BCUT2D eigenvalue weighted by molar-refractivity contribution is 5.76. The lowest BCUT2D eigenvalue weighted by Gasteiger charge is -2.33. The van der Waals surface area contributed by atoms with Crippen molar-refractivity contribution in [1.82, 2.24) is 24.2 Å². The first-order chi connectivity index (χ1) is 18.5. The first-order valence-corrected chi connectivity index (χ1v) is 12.6. The molecule has 1 amide bonds. The summed E-state index contributed by atoms with van der Waals surface area (Å²) in [5.41, 5.74) is 0.888. The molecule has 0 radical (unpaired) electrons. The molecule has 1 aliphatic rings. The highest BCUT2D eigenvalue weighted by Gasteiger charge is 2.30. The second-order valence-electron chi connectivity index (χ2n) is 10.5. The predicted octanol–water partition coefficient (Wildman–Crippen LogP) is 5.55. The van der Waals surface area contributed by atoms with E-state index in [1.54, 1.807) is 15.5 Å². The van der Waals surface area contributed by atoms with Crippen LogP contribution in [0.2, 0.25) is 0 Å². The normalized spacial score (nSPS) is 14.9. The maximum atomic E-state index is 15.1. The monoisotopic (exact) mass is 543 g/mol. The van der Waals surface area contributed by atoms with Crippen LogP contribution in [0, 0.1) is 5.82 Å². The van der Waals surface area contributed by atoms with Crippen molar-refractivity contribution in [3.8, 4) is 11.5 Å². The first kappa shape index (κ1) is 26.5. The topological polar surface area (TPSA) is 95.4 Å². The quantitative estimate of drug-likeness (QED) is 0.328. The third-order valence-electron chi connectivity index (χ3n) is 6.61. The molecule has 1 saturated heterocycles. The van der Waals surface area contributed by atoms with Gasteiger partial charge in [-0.1, -0.05) is 18.2 Å². The molecule has 1 fully saturated rings. The van der Waals surface area contributed by atoms with Crippen LogP contribution in [0.4, 0.5) is 18.0 Å². The van der Waals surface area contributed by atoms with Crippen molar-refractivity contribution in [3.05, 3.63) is 70.2 Å². The van der Waals surface area contributed by atoms with Crippen molar-refractivity contribution in [2.45, 2.75) is 58.2 Å². The third-order valence-corrected chi connectivity index (χ3v) is 6.61. The Morgan fingerprint density at radius 3 is 2.41 bits per heavy atom. The highest BCUT2D eigenvalue weighted by atomic mass is 19.3. The molecule has 4 aromatic rings. The number of likely N-dealkylation sites (tertiary alicyclic amines) is 1. The van der Waals surface area contributed by atoms with E-state index in [9.17, 15) is 18.4 Å². The first-order valence-electron chi connectivity index (χ1n) is 12.6. The van der Waals surface area contributed by atoms with Gasteiger partial charge >= 0.3 is 18.2 Å². The fourth-order valence-electron chi connectivity index (χ4n) is 4.79. The van der Waals surface area contributed by atoms with Crippen LogP contribution in [0.15, 0.2) is 51.7 Å². The zero-order valence-corrected chi connectivity index (χ0v) is 21.7. The van der Waals surface area contributed by atoms with Gasteiger partial charge in [0.1, 0.15) is 11.4 Å². The third kappa shape index (κ3) is 5.41. The molecule has 1 aliphatic heterocycles. The Balaban J connectivity index is 1.39. The zero-order valence-electron chi connectivity index (χ0n) is 21.7. The molecule has 0 saturated carbocycles. The number of hydrogen-bond donors (Lipinski definition) is 0. The molecular formula is C27H28F3N5O4. The number of rotatable bonds is 5. The molecule has 12 heteroatoms. The van der Waals surface area contributed by atoms with Crippen LogP contribution in [0.3, 0.4) is 0 Å². The number of amides is 1. The fourth-order valence-corrected chi connectivity index (χ4v) is 4.79. The van der Waals surface area contributed by atoms with Crippen molar-refractivity contribution in [3.63, 3.8) is 0 Å². The number of carbonyl (C=O) groups is 1. The van der Waals surface area contributed by atoms with Gasteiger partial charge in [0.05, 0.1) is 17.6 Å². The van der Waals surface area contributed by atoms with Gasteiger partial charge in [0, 0.05) is 30.3 Å². The summed E-state index contributed by atoms with van der Waals surface area (Å²) in [7, 11) is 0. The van der Waals surface area contributed by atoms with Crippen LogP contribution in [-0.4, -0.2) is 49.0 Å². The van der Waals surface area contributed by atoms with E-state index in [2.05, 4.69) is 10.2 Å². The summed E-state index contributed by atoms with van der Waals surface area (Å²) >= 11 is 0. The van der Waals surface area contributed by atoms with Crippen LogP contribution in [0.25, 0.3) is 22.5 Å². The van der Waals surface area contributed by atoms with Crippen LogP contribution in [0.5, 0.6) is 0 Å². The molecule has 0 spiro atoms. The number of hydrogen-bond acceptors (Lipinski definition) is 6. The number of fused-ring (bicyclic) bond motifs is 1.